The number of nitrogens with zero attached hydrogens (tertiary/aromatic N) is 1. The van der Waals surface area contributed by atoms with E-state index in [9.17, 15) is 4.79 Å². The summed E-state index contributed by atoms with van der Waals surface area (Å²) in [5.74, 6) is -0.0741. The van der Waals surface area contributed by atoms with Crippen LogP contribution in [0.25, 0.3) is 0 Å². The number of anilines is 1. The van der Waals surface area contributed by atoms with Crippen molar-refractivity contribution in [3.05, 3.63) is 29.8 Å². The highest BCUT2D eigenvalue weighted by Gasteiger charge is 2.01. The zero-order chi connectivity index (χ0) is 11.1. The van der Waals surface area contributed by atoms with E-state index < -0.39 is 0 Å². The van der Waals surface area contributed by atoms with Crippen LogP contribution in [0.1, 0.15) is 12.0 Å². The summed E-state index contributed by atoms with van der Waals surface area (Å²) >= 11 is 0. The third-order valence-corrected chi connectivity index (χ3v) is 1.90. The van der Waals surface area contributed by atoms with E-state index >= 15 is 0 Å². The van der Waals surface area contributed by atoms with Crippen molar-refractivity contribution in [2.75, 3.05) is 12.3 Å². The molecule has 1 aromatic carbocycles. The van der Waals surface area contributed by atoms with E-state index in [1.807, 2.05) is 18.2 Å². The molecular formula is C11H13N3O. The van der Waals surface area contributed by atoms with E-state index in [4.69, 9.17) is 11.0 Å². The Morgan fingerprint density at radius 3 is 2.67 bits per heavy atom. The Morgan fingerprint density at radius 1 is 1.40 bits per heavy atom. The van der Waals surface area contributed by atoms with Gasteiger partial charge in [-0.15, -0.1) is 0 Å². The summed E-state index contributed by atoms with van der Waals surface area (Å²) < 4.78 is 0. The first-order chi connectivity index (χ1) is 7.22. The summed E-state index contributed by atoms with van der Waals surface area (Å²) in [5.41, 5.74) is 7.12. The third-order valence-electron chi connectivity index (χ3n) is 1.90. The van der Waals surface area contributed by atoms with Gasteiger partial charge in [-0.1, -0.05) is 12.1 Å². The number of benzene rings is 1. The molecule has 0 saturated carbocycles. The summed E-state index contributed by atoms with van der Waals surface area (Å²) in [6.07, 6.45) is 0.666. The monoisotopic (exact) mass is 203 g/mol. The SMILES string of the molecule is N#CCCNC(=O)Cc1ccc(N)cc1. The summed E-state index contributed by atoms with van der Waals surface area (Å²) in [7, 11) is 0. The van der Waals surface area contributed by atoms with Crippen LogP contribution in [0.2, 0.25) is 0 Å². The highest BCUT2D eigenvalue weighted by atomic mass is 16.1. The van der Waals surface area contributed by atoms with E-state index in [1.54, 1.807) is 12.1 Å². The van der Waals surface area contributed by atoms with Crippen LogP contribution < -0.4 is 11.1 Å². The number of nitrogen functional groups attached to an aromatic ring is 1. The summed E-state index contributed by atoms with van der Waals surface area (Å²) in [4.78, 5) is 11.3. The fraction of sp³-hybridized carbons (Fsp3) is 0.273. The normalized spacial score (nSPS) is 9.27. The Bertz CT molecular complexity index is 364. The molecule has 0 aliphatic rings. The van der Waals surface area contributed by atoms with Gasteiger partial charge in [0, 0.05) is 12.2 Å². The van der Waals surface area contributed by atoms with E-state index in [1.165, 1.54) is 0 Å². The zero-order valence-electron chi connectivity index (χ0n) is 8.36. The maximum absolute atomic E-state index is 11.3. The van der Waals surface area contributed by atoms with Gasteiger partial charge in [-0.05, 0) is 17.7 Å². The molecule has 4 nitrogen and oxygen atoms in total. The van der Waals surface area contributed by atoms with Gasteiger partial charge in [-0.25, -0.2) is 0 Å². The van der Waals surface area contributed by atoms with Crippen molar-refractivity contribution >= 4 is 11.6 Å². The van der Waals surface area contributed by atoms with Gasteiger partial charge in [0.2, 0.25) is 5.91 Å². The minimum Gasteiger partial charge on any atom is -0.399 e. The minimum absolute atomic E-state index is 0.0741. The van der Waals surface area contributed by atoms with Crippen molar-refractivity contribution in [2.45, 2.75) is 12.8 Å². The van der Waals surface area contributed by atoms with Crippen LogP contribution in [0.15, 0.2) is 24.3 Å². The fourth-order valence-electron chi connectivity index (χ4n) is 1.14. The fourth-order valence-corrected chi connectivity index (χ4v) is 1.14. The summed E-state index contributed by atoms with van der Waals surface area (Å²) in [5, 5.41) is 10.9. The molecule has 1 aromatic rings. The lowest BCUT2D eigenvalue weighted by Gasteiger charge is -2.03. The first kappa shape index (κ1) is 11.1. The van der Waals surface area contributed by atoms with Gasteiger partial charge in [0.05, 0.1) is 18.9 Å². The maximum Gasteiger partial charge on any atom is 0.224 e. The second kappa shape index (κ2) is 5.66. The van der Waals surface area contributed by atoms with Gasteiger partial charge in [0.1, 0.15) is 0 Å². The molecule has 0 radical (unpaired) electrons. The van der Waals surface area contributed by atoms with Crippen LogP contribution in [0, 0.1) is 11.3 Å². The van der Waals surface area contributed by atoms with Gasteiger partial charge >= 0.3 is 0 Å². The number of amides is 1. The Balaban J connectivity index is 2.38. The van der Waals surface area contributed by atoms with Gasteiger partial charge in [-0.3, -0.25) is 4.79 Å². The van der Waals surface area contributed by atoms with Gasteiger partial charge < -0.3 is 11.1 Å². The number of nitriles is 1. The number of hydrogen-bond acceptors (Lipinski definition) is 3. The first-order valence-corrected chi connectivity index (χ1v) is 4.70. The third kappa shape index (κ3) is 4.14. The standard InChI is InChI=1S/C11H13N3O/c12-6-1-7-14-11(15)8-9-2-4-10(13)5-3-9/h2-5H,1,7-8,13H2,(H,14,15). The van der Waals surface area contributed by atoms with Crippen molar-refractivity contribution in [3.63, 3.8) is 0 Å². The Morgan fingerprint density at radius 2 is 2.07 bits per heavy atom. The van der Waals surface area contributed by atoms with Crippen LogP contribution in [0.4, 0.5) is 5.69 Å². The van der Waals surface area contributed by atoms with Gasteiger partial charge in [-0.2, -0.15) is 5.26 Å². The second-order valence-corrected chi connectivity index (χ2v) is 3.18. The highest BCUT2D eigenvalue weighted by Crippen LogP contribution is 2.05. The predicted molar refractivity (Wildman–Crippen MR) is 57.8 cm³/mol. The number of nitrogens with two attached hydrogens (primary N) is 1. The number of carbonyl (C=O) groups is 1. The molecule has 78 valence electrons. The first-order valence-electron chi connectivity index (χ1n) is 4.70. The Hall–Kier alpha value is -2.02. The van der Waals surface area contributed by atoms with Crippen LogP contribution in [-0.4, -0.2) is 12.5 Å². The van der Waals surface area contributed by atoms with E-state index in [2.05, 4.69) is 5.32 Å². The summed E-state index contributed by atoms with van der Waals surface area (Å²) in [6, 6.07) is 9.12. The van der Waals surface area contributed by atoms with E-state index in [0.29, 0.717) is 25.1 Å². The quantitative estimate of drug-likeness (QED) is 0.562. The van der Waals surface area contributed by atoms with E-state index in [-0.39, 0.29) is 5.91 Å². The Kier molecular flexibility index (Phi) is 4.17. The number of hydrogen-bond donors (Lipinski definition) is 2. The molecule has 0 bridgehead atoms. The van der Waals surface area contributed by atoms with Gasteiger partial charge in [0.15, 0.2) is 0 Å². The van der Waals surface area contributed by atoms with Crippen LogP contribution >= 0.6 is 0 Å². The number of rotatable bonds is 4. The van der Waals surface area contributed by atoms with Crippen LogP contribution in [0.3, 0.4) is 0 Å². The van der Waals surface area contributed by atoms with Crippen molar-refractivity contribution in [1.29, 1.82) is 5.26 Å². The molecule has 0 spiro atoms. The largest absolute Gasteiger partial charge is 0.399 e. The molecule has 0 aliphatic heterocycles. The highest BCUT2D eigenvalue weighted by molar-refractivity contribution is 5.78. The average Bonchev–Trinajstić information content (AvgIpc) is 2.22. The van der Waals surface area contributed by atoms with Crippen molar-refractivity contribution in [2.24, 2.45) is 0 Å². The zero-order valence-corrected chi connectivity index (χ0v) is 8.36. The molecule has 1 rings (SSSR count). The van der Waals surface area contributed by atoms with Crippen LogP contribution in [0.5, 0.6) is 0 Å². The summed E-state index contributed by atoms with van der Waals surface area (Å²) in [6.45, 7) is 0.407. The molecule has 0 fully saturated rings. The minimum atomic E-state index is -0.0741. The predicted octanol–water partition coefficient (Wildman–Crippen LogP) is 0.841. The molecule has 0 unspecified atom stereocenters. The molecule has 1 amide bonds. The van der Waals surface area contributed by atoms with E-state index in [0.717, 1.165) is 5.56 Å². The molecule has 3 N–H and O–H groups in total. The van der Waals surface area contributed by atoms with Crippen molar-refractivity contribution in [3.8, 4) is 6.07 Å². The lowest BCUT2D eigenvalue weighted by molar-refractivity contribution is -0.120. The average molecular weight is 203 g/mol. The second-order valence-electron chi connectivity index (χ2n) is 3.18. The molecule has 0 saturated heterocycles. The molecule has 0 heterocycles. The van der Waals surface area contributed by atoms with Crippen molar-refractivity contribution in [1.82, 2.24) is 5.32 Å². The number of nitrogens with one attached hydrogen (secondary N) is 1. The molecule has 15 heavy (non-hydrogen) atoms. The lowest BCUT2D eigenvalue weighted by atomic mass is 10.1. The number of carbonyl (C=O) groups excluding carboxylic acids is 1. The molecule has 4 heteroatoms. The smallest absolute Gasteiger partial charge is 0.224 e. The van der Waals surface area contributed by atoms with Crippen LogP contribution in [-0.2, 0) is 11.2 Å². The molecular weight excluding hydrogens is 190 g/mol. The molecule has 0 aliphatic carbocycles. The van der Waals surface area contributed by atoms with Gasteiger partial charge in [0.25, 0.3) is 0 Å². The molecule has 0 aromatic heterocycles. The molecule has 0 atom stereocenters. The topological polar surface area (TPSA) is 78.9 Å². The Labute approximate surface area is 88.7 Å². The maximum atomic E-state index is 11.3. The van der Waals surface area contributed by atoms with Crippen molar-refractivity contribution < 1.29 is 4.79 Å². The lowest BCUT2D eigenvalue weighted by Crippen LogP contribution is -2.25.